The van der Waals surface area contributed by atoms with Gasteiger partial charge in [0, 0.05) is 6.42 Å². The molecule has 2 nitrogen and oxygen atoms in total. The van der Waals surface area contributed by atoms with Crippen molar-refractivity contribution < 1.29 is 4.79 Å². The van der Waals surface area contributed by atoms with E-state index in [-0.39, 0.29) is 11.9 Å². The summed E-state index contributed by atoms with van der Waals surface area (Å²) in [7, 11) is 0. The fourth-order valence-corrected chi connectivity index (χ4v) is 2.34. The van der Waals surface area contributed by atoms with Crippen molar-refractivity contribution in [3.05, 3.63) is 35.9 Å². The van der Waals surface area contributed by atoms with Gasteiger partial charge in [-0.2, -0.15) is 0 Å². The molecule has 1 aromatic carbocycles. The summed E-state index contributed by atoms with van der Waals surface area (Å²) in [5.41, 5.74) is 1.25. The lowest BCUT2D eigenvalue weighted by atomic mass is 10.0. The van der Waals surface area contributed by atoms with E-state index in [1.165, 1.54) is 18.4 Å². The van der Waals surface area contributed by atoms with Crippen molar-refractivity contribution in [3.8, 4) is 0 Å². The van der Waals surface area contributed by atoms with Gasteiger partial charge in [-0.05, 0) is 30.7 Å². The number of hydrogen-bond donors (Lipinski definition) is 1. The van der Waals surface area contributed by atoms with Crippen molar-refractivity contribution in [1.29, 1.82) is 0 Å². The van der Waals surface area contributed by atoms with Crippen LogP contribution in [0.5, 0.6) is 0 Å². The molecule has 0 spiro atoms. The molecule has 1 aliphatic carbocycles. The number of amides is 1. The molecule has 2 rings (SSSR count). The van der Waals surface area contributed by atoms with Crippen LogP contribution in [0, 0.1) is 5.92 Å². The minimum absolute atomic E-state index is 0.212. The molecule has 1 amide bonds. The molecule has 1 fully saturated rings. The van der Waals surface area contributed by atoms with Gasteiger partial charge < -0.3 is 5.32 Å². The highest BCUT2D eigenvalue weighted by Crippen LogP contribution is 2.40. The summed E-state index contributed by atoms with van der Waals surface area (Å²) < 4.78 is 0. The highest BCUT2D eigenvalue weighted by Gasteiger charge is 2.33. The van der Waals surface area contributed by atoms with Gasteiger partial charge in [-0.15, -0.1) is 0 Å². The summed E-state index contributed by atoms with van der Waals surface area (Å²) in [6.07, 6.45) is 6.48. The van der Waals surface area contributed by atoms with E-state index in [1.54, 1.807) is 0 Å². The molecule has 1 aromatic rings. The van der Waals surface area contributed by atoms with Crippen molar-refractivity contribution in [2.75, 3.05) is 0 Å². The molecule has 0 bridgehead atoms. The summed E-state index contributed by atoms with van der Waals surface area (Å²) in [6, 6.07) is 10.6. The lowest BCUT2D eigenvalue weighted by Gasteiger charge is -2.18. The molecule has 1 atom stereocenters. The predicted octanol–water partition coefficient (Wildman–Crippen LogP) is 3.83. The predicted molar refractivity (Wildman–Crippen MR) is 74.2 cm³/mol. The van der Waals surface area contributed by atoms with Gasteiger partial charge in [0.2, 0.25) is 5.91 Å². The van der Waals surface area contributed by atoms with Crippen LogP contribution in [0.4, 0.5) is 0 Å². The van der Waals surface area contributed by atoms with Crippen LogP contribution in [-0.2, 0) is 4.79 Å². The van der Waals surface area contributed by atoms with E-state index in [9.17, 15) is 4.79 Å². The Morgan fingerprint density at radius 2 is 2.00 bits per heavy atom. The first-order valence-corrected chi connectivity index (χ1v) is 7.15. The van der Waals surface area contributed by atoms with Crippen LogP contribution in [0.1, 0.15) is 57.1 Å². The highest BCUT2D eigenvalue weighted by molar-refractivity contribution is 5.76. The molecule has 2 heteroatoms. The lowest BCUT2D eigenvalue weighted by molar-refractivity contribution is -0.122. The van der Waals surface area contributed by atoms with E-state index in [0.717, 1.165) is 19.3 Å². The van der Waals surface area contributed by atoms with E-state index in [2.05, 4.69) is 24.4 Å². The molecule has 0 aliphatic heterocycles. The van der Waals surface area contributed by atoms with Crippen LogP contribution in [0.3, 0.4) is 0 Å². The molecule has 98 valence electrons. The molecule has 18 heavy (non-hydrogen) atoms. The summed E-state index contributed by atoms with van der Waals surface area (Å²) in [5.74, 6) is 0.867. The number of benzene rings is 1. The molecule has 0 heterocycles. The Kier molecular flexibility index (Phi) is 4.80. The molecular weight excluding hydrogens is 222 g/mol. The third-order valence-corrected chi connectivity index (χ3v) is 3.58. The minimum Gasteiger partial charge on any atom is -0.349 e. The number of carbonyl (C=O) groups is 1. The Bertz CT molecular complexity index is 370. The summed E-state index contributed by atoms with van der Waals surface area (Å²) in [4.78, 5) is 11.9. The number of hydrogen-bond acceptors (Lipinski definition) is 1. The Labute approximate surface area is 110 Å². The molecule has 0 radical (unpaired) electrons. The SMILES string of the molecule is CCCCCC(=O)NC(c1ccccc1)C1CC1. The maximum absolute atomic E-state index is 11.9. The molecular formula is C16H23NO. The molecule has 1 unspecified atom stereocenters. The van der Waals surface area contributed by atoms with Crippen molar-refractivity contribution in [2.45, 2.75) is 51.5 Å². The summed E-state index contributed by atoms with van der Waals surface area (Å²) in [5, 5.41) is 3.22. The van der Waals surface area contributed by atoms with Gasteiger partial charge >= 0.3 is 0 Å². The quantitative estimate of drug-likeness (QED) is 0.727. The normalized spacial score (nSPS) is 16.3. The Morgan fingerprint density at radius 3 is 2.61 bits per heavy atom. The van der Waals surface area contributed by atoms with E-state index < -0.39 is 0 Å². The standard InChI is InChI=1S/C16H23NO/c1-2-3-5-10-15(18)17-16(14-11-12-14)13-8-6-4-7-9-13/h4,6-9,14,16H,2-3,5,10-12H2,1H3,(H,17,18). The zero-order valence-electron chi connectivity index (χ0n) is 11.2. The van der Waals surface area contributed by atoms with Crippen LogP contribution in [-0.4, -0.2) is 5.91 Å². The average Bonchev–Trinajstić information content (AvgIpc) is 3.22. The first kappa shape index (κ1) is 13.1. The topological polar surface area (TPSA) is 29.1 Å². The van der Waals surface area contributed by atoms with Crippen molar-refractivity contribution >= 4 is 5.91 Å². The third kappa shape index (κ3) is 3.86. The molecule has 1 aliphatic rings. The molecule has 1 N–H and O–H groups in total. The number of rotatable bonds is 7. The fourth-order valence-electron chi connectivity index (χ4n) is 2.34. The Morgan fingerprint density at radius 1 is 1.28 bits per heavy atom. The summed E-state index contributed by atoms with van der Waals surface area (Å²) >= 11 is 0. The number of unbranched alkanes of at least 4 members (excludes halogenated alkanes) is 2. The highest BCUT2D eigenvalue weighted by atomic mass is 16.1. The number of nitrogens with one attached hydrogen (secondary N) is 1. The lowest BCUT2D eigenvalue weighted by Crippen LogP contribution is -2.29. The first-order valence-electron chi connectivity index (χ1n) is 7.15. The third-order valence-electron chi connectivity index (χ3n) is 3.58. The van der Waals surface area contributed by atoms with Gasteiger partial charge in [-0.3, -0.25) is 4.79 Å². The zero-order valence-corrected chi connectivity index (χ0v) is 11.2. The van der Waals surface area contributed by atoms with Crippen LogP contribution in [0.25, 0.3) is 0 Å². The van der Waals surface area contributed by atoms with E-state index in [1.807, 2.05) is 18.2 Å². The smallest absolute Gasteiger partial charge is 0.220 e. The van der Waals surface area contributed by atoms with Crippen LogP contribution >= 0.6 is 0 Å². The average molecular weight is 245 g/mol. The van der Waals surface area contributed by atoms with Crippen LogP contribution in [0.15, 0.2) is 30.3 Å². The second kappa shape index (κ2) is 6.58. The monoisotopic (exact) mass is 245 g/mol. The summed E-state index contributed by atoms with van der Waals surface area (Å²) in [6.45, 7) is 2.16. The first-order chi connectivity index (χ1) is 8.81. The van der Waals surface area contributed by atoms with Crippen LogP contribution < -0.4 is 5.32 Å². The second-order valence-corrected chi connectivity index (χ2v) is 5.25. The molecule has 0 saturated heterocycles. The zero-order chi connectivity index (χ0) is 12.8. The van der Waals surface area contributed by atoms with Crippen molar-refractivity contribution in [3.63, 3.8) is 0 Å². The largest absolute Gasteiger partial charge is 0.349 e. The van der Waals surface area contributed by atoms with Gasteiger partial charge in [0.15, 0.2) is 0 Å². The van der Waals surface area contributed by atoms with E-state index in [0.29, 0.717) is 12.3 Å². The molecule has 1 saturated carbocycles. The minimum atomic E-state index is 0.212. The number of carbonyl (C=O) groups excluding carboxylic acids is 1. The van der Waals surface area contributed by atoms with Gasteiger partial charge in [-0.1, -0.05) is 50.1 Å². The molecule has 0 aromatic heterocycles. The van der Waals surface area contributed by atoms with E-state index >= 15 is 0 Å². The van der Waals surface area contributed by atoms with Gasteiger partial charge in [0.25, 0.3) is 0 Å². The fraction of sp³-hybridized carbons (Fsp3) is 0.562. The van der Waals surface area contributed by atoms with Crippen molar-refractivity contribution in [1.82, 2.24) is 5.32 Å². The maximum atomic E-state index is 11.9. The van der Waals surface area contributed by atoms with Gasteiger partial charge in [-0.25, -0.2) is 0 Å². The maximum Gasteiger partial charge on any atom is 0.220 e. The second-order valence-electron chi connectivity index (χ2n) is 5.25. The Hall–Kier alpha value is -1.31. The van der Waals surface area contributed by atoms with Crippen LogP contribution in [0.2, 0.25) is 0 Å². The van der Waals surface area contributed by atoms with Gasteiger partial charge in [0.05, 0.1) is 6.04 Å². The van der Waals surface area contributed by atoms with Crippen molar-refractivity contribution in [2.24, 2.45) is 5.92 Å². The van der Waals surface area contributed by atoms with Gasteiger partial charge in [0.1, 0.15) is 0 Å². The van der Waals surface area contributed by atoms with E-state index in [4.69, 9.17) is 0 Å². The Balaban J connectivity index is 1.89.